The lowest BCUT2D eigenvalue weighted by Gasteiger charge is -1.94. The second-order valence-electron chi connectivity index (χ2n) is 3.65. The zero-order valence-corrected chi connectivity index (χ0v) is 9.25. The maximum atomic E-state index is 6.15. The van der Waals surface area contributed by atoms with Crippen molar-refractivity contribution in [2.75, 3.05) is 0 Å². The molecule has 2 N–H and O–H groups in total. The van der Waals surface area contributed by atoms with Crippen LogP contribution in [0.3, 0.4) is 0 Å². The van der Waals surface area contributed by atoms with E-state index in [1.165, 1.54) is 0 Å². The molecule has 0 amide bonds. The minimum Gasteiger partial charge on any atom is -0.237 e. The number of aromatic amines is 2. The maximum Gasteiger partial charge on any atom is 0.286 e. The third-order valence-corrected chi connectivity index (χ3v) is 2.92. The van der Waals surface area contributed by atoms with E-state index in [9.17, 15) is 0 Å². The fourth-order valence-electron chi connectivity index (χ4n) is 1.80. The fraction of sp³-hybridized carbons (Fsp3) is 0. The molecular formula is C13H10ClN2+. The van der Waals surface area contributed by atoms with Gasteiger partial charge in [-0.3, -0.25) is 0 Å². The van der Waals surface area contributed by atoms with Gasteiger partial charge in [-0.05, 0) is 24.3 Å². The molecule has 3 rings (SSSR count). The van der Waals surface area contributed by atoms with Gasteiger partial charge in [-0.1, -0.05) is 35.9 Å². The second-order valence-corrected chi connectivity index (χ2v) is 4.06. The lowest BCUT2D eigenvalue weighted by Crippen LogP contribution is -2.02. The summed E-state index contributed by atoms with van der Waals surface area (Å²) in [6, 6.07) is 15.8. The Kier molecular flexibility index (Phi) is 2.15. The number of H-pyrrole nitrogens is 2. The molecule has 0 saturated heterocycles. The van der Waals surface area contributed by atoms with Crippen molar-refractivity contribution in [3.8, 4) is 11.4 Å². The number of hydrogen-bond acceptors (Lipinski definition) is 0. The van der Waals surface area contributed by atoms with Gasteiger partial charge in [0.25, 0.3) is 5.82 Å². The van der Waals surface area contributed by atoms with E-state index < -0.39 is 0 Å². The molecular weight excluding hydrogens is 220 g/mol. The molecule has 0 unspecified atom stereocenters. The highest BCUT2D eigenvalue weighted by molar-refractivity contribution is 6.33. The summed E-state index contributed by atoms with van der Waals surface area (Å²) in [7, 11) is 0. The zero-order valence-electron chi connectivity index (χ0n) is 8.50. The molecule has 2 nitrogen and oxygen atoms in total. The summed E-state index contributed by atoms with van der Waals surface area (Å²) < 4.78 is 0. The van der Waals surface area contributed by atoms with Crippen LogP contribution in [0.2, 0.25) is 5.02 Å². The van der Waals surface area contributed by atoms with E-state index in [-0.39, 0.29) is 0 Å². The van der Waals surface area contributed by atoms with E-state index in [4.69, 9.17) is 11.6 Å². The molecule has 1 heterocycles. The van der Waals surface area contributed by atoms with Crippen LogP contribution in [-0.2, 0) is 0 Å². The average Bonchev–Trinajstić information content (AvgIpc) is 2.73. The van der Waals surface area contributed by atoms with E-state index in [2.05, 4.69) is 9.97 Å². The molecule has 0 saturated carbocycles. The third kappa shape index (κ3) is 1.48. The van der Waals surface area contributed by atoms with Crippen LogP contribution >= 0.6 is 11.6 Å². The zero-order chi connectivity index (χ0) is 11.0. The Morgan fingerprint density at radius 1 is 0.938 bits per heavy atom. The van der Waals surface area contributed by atoms with Gasteiger partial charge >= 0.3 is 0 Å². The molecule has 0 fully saturated rings. The van der Waals surface area contributed by atoms with Crippen LogP contribution in [0.4, 0.5) is 0 Å². The van der Waals surface area contributed by atoms with Crippen LogP contribution in [0.1, 0.15) is 0 Å². The van der Waals surface area contributed by atoms with E-state index >= 15 is 0 Å². The Bertz CT molecular complexity index is 610. The highest BCUT2D eigenvalue weighted by atomic mass is 35.5. The third-order valence-electron chi connectivity index (χ3n) is 2.59. The van der Waals surface area contributed by atoms with Gasteiger partial charge in [0.05, 0.1) is 10.6 Å². The van der Waals surface area contributed by atoms with E-state index in [1.54, 1.807) is 0 Å². The summed E-state index contributed by atoms with van der Waals surface area (Å²) in [5.74, 6) is 0.937. The molecule has 0 bridgehead atoms. The quantitative estimate of drug-likeness (QED) is 0.664. The van der Waals surface area contributed by atoms with Crippen molar-refractivity contribution < 1.29 is 4.98 Å². The van der Waals surface area contributed by atoms with Gasteiger partial charge < -0.3 is 0 Å². The highest BCUT2D eigenvalue weighted by Crippen LogP contribution is 2.24. The predicted octanol–water partition coefficient (Wildman–Crippen LogP) is 3.30. The van der Waals surface area contributed by atoms with Crippen LogP contribution in [0.15, 0.2) is 48.5 Å². The molecule has 0 spiro atoms. The minimum atomic E-state index is 0.741. The summed E-state index contributed by atoms with van der Waals surface area (Å²) in [4.78, 5) is 6.63. The molecule has 3 heteroatoms. The van der Waals surface area contributed by atoms with Gasteiger partial charge in [-0.15, -0.1) is 0 Å². The maximum absolute atomic E-state index is 6.15. The molecule has 3 aromatic rings. The van der Waals surface area contributed by atoms with Crippen molar-refractivity contribution in [1.82, 2.24) is 4.98 Å². The number of para-hydroxylation sites is 2. The number of imidazole rings is 1. The Morgan fingerprint density at radius 3 is 2.50 bits per heavy atom. The average molecular weight is 230 g/mol. The lowest BCUT2D eigenvalue weighted by atomic mass is 10.2. The Morgan fingerprint density at radius 2 is 1.69 bits per heavy atom. The standard InChI is InChI=1S/C13H9ClN2/c14-10-6-2-1-5-9(10)13-15-11-7-3-4-8-12(11)16-13/h1-8H,(H,15,16)/p+1. The minimum absolute atomic E-state index is 0.741. The summed E-state index contributed by atoms with van der Waals surface area (Å²) in [5.41, 5.74) is 3.15. The first-order chi connectivity index (χ1) is 7.84. The first-order valence-electron chi connectivity index (χ1n) is 5.09. The van der Waals surface area contributed by atoms with Gasteiger partial charge in [0.15, 0.2) is 11.0 Å². The van der Waals surface area contributed by atoms with E-state index in [1.807, 2.05) is 48.5 Å². The molecule has 0 radical (unpaired) electrons. The first kappa shape index (κ1) is 9.43. The van der Waals surface area contributed by atoms with Gasteiger partial charge in [0.2, 0.25) is 0 Å². The molecule has 0 aliphatic carbocycles. The number of hydrogen-bond donors (Lipinski definition) is 1. The number of nitrogens with one attached hydrogen (secondary N) is 2. The molecule has 2 aromatic carbocycles. The molecule has 78 valence electrons. The van der Waals surface area contributed by atoms with Crippen LogP contribution in [0.5, 0.6) is 0 Å². The SMILES string of the molecule is Clc1ccccc1-c1[nH]c2ccccc2[nH+]1. The molecule has 0 aliphatic rings. The van der Waals surface area contributed by atoms with Gasteiger partial charge in [-0.25, -0.2) is 9.97 Å². The van der Waals surface area contributed by atoms with Crippen LogP contribution < -0.4 is 4.98 Å². The summed E-state index contributed by atoms with van der Waals surface area (Å²) >= 11 is 6.15. The van der Waals surface area contributed by atoms with E-state index in [0.29, 0.717) is 0 Å². The molecule has 1 aromatic heterocycles. The molecule has 0 atom stereocenters. The van der Waals surface area contributed by atoms with Crippen molar-refractivity contribution in [3.63, 3.8) is 0 Å². The Labute approximate surface area is 97.9 Å². The molecule has 0 aliphatic heterocycles. The second kappa shape index (κ2) is 3.65. The van der Waals surface area contributed by atoms with Crippen molar-refractivity contribution in [2.45, 2.75) is 0 Å². The topological polar surface area (TPSA) is 29.9 Å². The largest absolute Gasteiger partial charge is 0.286 e. The number of fused-ring (bicyclic) bond motifs is 1. The highest BCUT2D eigenvalue weighted by Gasteiger charge is 2.13. The summed E-state index contributed by atoms with van der Waals surface area (Å²) in [5, 5.41) is 0.741. The van der Waals surface area contributed by atoms with Crippen LogP contribution in [-0.4, -0.2) is 4.98 Å². The molecule has 16 heavy (non-hydrogen) atoms. The Balaban J connectivity index is 2.23. The van der Waals surface area contributed by atoms with Crippen molar-refractivity contribution in [3.05, 3.63) is 53.6 Å². The van der Waals surface area contributed by atoms with Gasteiger partial charge in [0, 0.05) is 0 Å². The number of halogens is 1. The summed E-state index contributed by atoms with van der Waals surface area (Å²) in [6.07, 6.45) is 0. The number of benzene rings is 2. The Hall–Kier alpha value is -1.80. The fourth-order valence-corrected chi connectivity index (χ4v) is 2.03. The monoisotopic (exact) mass is 229 g/mol. The van der Waals surface area contributed by atoms with Gasteiger partial charge in [0.1, 0.15) is 0 Å². The van der Waals surface area contributed by atoms with Crippen molar-refractivity contribution in [1.29, 1.82) is 0 Å². The van der Waals surface area contributed by atoms with Crippen LogP contribution in [0, 0.1) is 0 Å². The summed E-state index contributed by atoms with van der Waals surface area (Å²) in [6.45, 7) is 0. The van der Waals surface area contributed by atoms with Crippen molar-refractivity contribution >= 4 is 22.6 Å². The first-order valence-corrected chi connectivity index (χ1v) is 5.47. The smallest absolute Gasteiger partial charge is 0.237 e. The van der Waals surface area contributed by atoms with E-state index in [0.717, 1.165) is 27.4 Å². The predicted molar refractivity (Wildman–Crippen MR) is 65.3 cm³/mol. The normalized spacial score (nSPS) is 10.8. The van der Waals surface area contributed by atoms with Crippen molar-refractivity contribution in [2.24, 2.45) is 0 Å². The van der Waals surface area contributed by atoms with Crippen LogP contribution in [0.25, 0.3) is 22.4 Å². The number of aromatic nitrogens is 2. The van der Waals surface area contributed by atoms with Gasteiger partial charge in [-0.2, -0.15) is 0 Å². The number of rotatable bonds is 1. The lowest BCUT2D eigenvalue weighted by molar-refractivity contribution is -0.330.